The zero-order valence-electron chi connectivity index (χ0n) is 25.8. The van der Waals surface area contributed by atoms with E-state index in [9.17, 15) is 19.2 Å². The van der Waals surface area contributed by atoms with Crippen LogP contribution in [0.5, 0.6) is 17.2 Å². The summed E-state index contributed by atoms with van der Waals surface area (Å²) in [4.78, 5) is 49.7. The fourth-order valence-corrected chi connectivity index (χ4v) is 5.43. The predicted octanol–water partition coefficient (Wildman–Crippen LogP) is 4.06. The van der Waals surface area contributed by atoms with Crippen LogP contribution < -0.4 is 35.6 Å². The van der Waals surface area contributed by atoms with Crippen LogP contribution in [0.4, 0.5) is 5.69 Å². The molecule has 2 aromatic carbocycles. The van der Waals surface area contributed by atoms with Crippen molar-refractivity contribution in [3.8, 4) is 28.4 Å². The molecule has 1 aliphatic rings. The van der Waals surface area contributed by atoms with E-state index in [0.717, 1.165) is 11.1 Å². The molecule has 0 aliphatic heterocycles. The van der Waals surface area contributed by atoms with E-state index < -0.39 is 18.1 Å². The number of aliphatic carboxylic acids is 1. The number of methoxy groups -OCH3 is 3. The van der Waals surface area contributed by atoms with E-state index in [2.05, 4.69) is 16.0 Å². The Labute approximate surface area is 252 Å². The van der Waals surface area contributed by atoms with Gasteiger partial charge in [-0.05, 0) is 66.5 Å². The lowest BCUT2D eigenvalue weighted by Crippen LogP contribution is -2.44. The van der Waals surface area contributed by atoms with Crippen molar-refractivity contribution in [3.05, 3.63) is 45.6 Å². The number of hydrogen-bond donors (Lipinski definition) is 4. The Morgan fingerprint density at radius 3 is 2.33 bits per heavy atom. The summed E-state index contributed by atoms with van der Waals surface area (Å²) in [5.41, 5.74) is 2.90. The molecule has 11 nitrogen and oxygen atoms in total. The minimum atomic E-state index is -0.834. The number of carbonyl (C=O) groups excluding carboxylic acids is 2. The first-order valence-corrected chi connectivity index (χ1v) is 14.6. The van der Waals surface area contributed by atoms with Gasteiger partial charge in [0.1, 0.15) is 6.04 Å². The highest BCUT2D eigenvalue weighted by Gasteiger charge is 2.30. The molecule has 43 heavy (non-hydrogen) atoms. The van der Waals surface area contributed by atoms with E-state index in [-0.39, 0.29) is 35.3 Å². The van der Waals surface area contributed by atoms with E-state index in [1.807, 2.05) is 26.0 Å². The molecular weight excluding hydrogens is 554 g/mol. The minimum Gasteiger partial charge on any atom is -0.493 e. The van der Waals surface area contributed by atoms with Crippen LogP contribution in [0.1, 0.15) is 70.0 Å². The lowest BCUT2D eigenvalue weighted by atomic mass is 9.95. The van der Waals surface area contributed by atoms with Gasteiger partial charge in [-0.2, -0.15) is 0 Å². The highest BCUT2D eigenvalue weighted by Crippen LogP contribution is 2.50. The number of unbranched alkanes of at least 4 members (excludes halogenated alkanes) is 2. The van der Waals surface area contributed by atoms with Gasteiger partial charge in [0.25, 0.3) is 0 Å². The Kier molecular flexibility index (Phi) is 11.8. The first-order chi connectivity index (χ1) is 20.5. The molecule has 2 atom stereocenters. The van der Waals surface area contributed by atoms with Crippen LogP contribution in [0.3, 0.4) is 0 Å². The molecule has 1 aliphatic carbocycles. The second-order valence-electron chi connectivity index (χ2n) is 11.0. The summed E-state index contributed by atoms with van der Waals surface area (Å²) in [6.45, 7) is 5.63. The Hall–Kier alpha value is -4.28. The number of nitrogens with one attached hydrogen (secondary N) is 3. The summed E-state index contributed by atoms with van der Waals surface area (Å²) in [7, 11) is 4.62. The van der Waals surface area contributed by atoms with E-state index in [1.54, 1.807) is 20.3 Å². The van der Waals surface area contributed by atoms with Crippen LogP contribution in [-0.2, 0) is 20.8 Å². The molecule has 4 N–H and O–H groups in total. The number of carbonyl (C=O) groups is 3. The largest absolute Gasteiger partial charge is 0.493 e. The molecule has 0 bridgehead atoms. The SMILES string of the molecule is COc1cc2c(c(OC)c1OC)-c1ccc(NC(C(=O)NCCCCCC(=O)O)C(C)C)c(=O)cc1C(NC(C)=O)CC2. The highest BCUT2D eigenvalue weighted by atomic mass is 16.5. The maximum Gasteiger partial charge on any atom is 0.303 e. The summed E-state index contributed by atoms with van der Waals surface area (Å²) >= 11 is 0. The maximum atomic E-state index is 13.7. The molecule has 11 heteroatoms. The smallest absolute Gasteiger partial charge is 0.303 e. The van der Waals surface area contributed by atoms with Crippen LogP contribution in [0.25, 0.3) is 11.1 Å². The Balaban J connectivity index is 2.03. The number of hydrogen-bond acceptors (Lipinski definition) is 8. The van der Waals surface area contributed by atoms with Crippen molar-refractivity contribution >= 4 is 23.5 Å². The second kappa shape index (κ2) is 15.3. The van der Waals surface area contributed by atoms with Crippen LogP contribution in [0.15, 0.2) is 29.1 Å². The van der Waals surface area contributed by atoms with Crippen LogP contribution in [0.2, 0.25) is 0 Å². The van der Waals surface area contributed by atoms with Gasteiger partial charge < -0.3 is 35.3 Å². The summed E-state index contributed by atoms with van der Waals surface area (Å²) in [5.74, 6) is -0.0608. The van der Waals surface area contributed by atoms with Crippen molar-refractivity contribution in [1.29, 1.82) is 0 Å². The van der Waals surface area contributed by atoms with Crippen molar-refractivity contribution < 1.29 is 33.7 Å². The van der Waals surface area contributed by atoms with Crippen molar-refractivity contribution in [3.63, 3.8) is 0 Å². The zero-order chi connectivity index (χ0) is 31.7. The average molecular weight is 598 g/mol. The number of anilines is 1. The van der Waals surface area contributed by atoms with Gasteiger partial charge in [0, 0.05) is 25.5 Å². The molecule has 0 radical (unpaired) electrons. The molecule has 0 aromatic heterocycles. The molecule has 0 fully saturated rings. The molecule has 0 spiro atoms. The number of carboxylic acids is 1. The van der Waals surface area contributed by atoms with E-state index in [0.29, 0.717) is 67.0 Å². The maximum absolute atomic E-state index is 13.7. The molecule has 234 valence electrons. The number of rotatable bonds is 14. The molecule has 0 saturated heterocycles. The molecule has 3 rings (SSSR count). The molecule has 0 heterocycles. The number of aryl methyl sites for hydroxylation is 1. The van der Waals surface area contributed by atoms with Crippen LogP contribution in [-0.4, -0.2) is 56.8 Å². The van der Waals surface area contributed by atoms with Gasteiger partial charge >= 0.3 is 5.97 Å². The Morgan fingerprint density at radius 2 is 1.72 bits per heavy atom. The lowest BCUT2D eigenvalue weighted by molar-refractivity contribution is -0.137. The topological polar surface area (TPSA) is 152 Å². The normalized spacial score (nSPS) is 14.4. The van der Waals surface area contributed by atoms with Crippen molar-refractivity contribution in [2.45, 2.75) is 71.4 Å². The van der Waals surface area contributed by atoms with Crippen LogP contribution in [0, 0.1) is 5.92 Å². The molecule has 2 unspecified atom stereocenters. The number of fused-ring (bicyclic) bond motifs is 3. The van der Waals surface area contributed by atoms with E-state index >= 15 is 0 Å². The van der Waals surface area contributed by atoms with Crippen molar-refractivity contribution in [2.75, 3.05) is 33.2 Å². The number of ether oxygens (including phenoxy) is 3. The fraction of sp³-hybridized carbons (Fsp3) is 0.500. The number of amides is 2. The predicted molar refractivity (Wildman–Crippen MR) is 164 cm³/mol. The third kappa shape index (κ3) is 8.18. The van der Waals surface area contributed by atoms with Crippen LogP contribution >= 0.6 is 0 Å². The van der Waals surface area contributed by atoms with Gasteiger partial charge in [0.2, 0.25) is 23.0 Å². The molecule has 0 saturated carbocycles. The Morgan fingerprint density at radius 1 is 1.00 bits per heavy atom. The van der Waals surface area contributed by atoms with Gasteiger partial charge in [-0.1, -0.05) is 26.3 Å². The van der Waals surface area contributed by atoms with Crippen molar-refractivity contribution in [1.82, 2.24) is 10.6 Å². The fourth-order valence-electron chi connectivity index (χ4n) is 5.43. The minimum absolute atomic E-state index is 0.102. The van der Waals surface area contributed by atoms with Gasteiger partial charge in [-0.3, -0.25) is 19.2 Å². The summed E-state index contributed by atoms with van der Waals surface area (Å²) in [5, 5.41) is 17.8. The summed E-state index contributed by atoms with van der Waals surface area (Å²) in [6, 6.07) is 5.74. The zero-order valence-corrected chi connectivity index (χ0v) is 25.8. The highest BCUT2D eigenvalue weighted by molar-refractivity contribution is 5.86. The first kappa shape index (κ1) is 33.2. The van der Waals surface area contributed by atoms with E-state index in [1.165, 1.54) is 20.1 Å². The quantitative estimate of drug-likeness (QED) is 0.236. The standard InChI is InChI=1S/C32H43N3O8/c1-18(2)29(32(40)33-15-9-7-8-10-27(38)39)35-24-14-12-21-22(17-25(24)37)23(34-19(3)36)13-11-20-16-26(41-4)30(42-5)31(43-6)28(20)21/h12,14,16-18,23,29H,7-11,13,15H2,1-6H3,(H,33,40)(H,34,36)(H,35,37)(H,38,39). The number of carboxylic acid groups (broad SMARTS) is 1. The van der Waals surface area contributed by atoms with Gasteiger partial charge in [0.15, 0.2) is 11.5 Å². The molecule has 2 amide bonds. The third-order valence-corrected chi connectivity index (χ3v) is 7.54. The summed E-state index contributed by atoms with van der Waals surface area (Å²) in [6.07, 6.45) is 3.12. The monoisotopic (exact) mass is 597 g/mol. The third-order valence-electron chi connectivity index (χ3n) is 7.54. The lowest BCUT2D eigenvalue weighted by Gasteiger charge is -2.22. The van der Waals surface area contributed by atoms with E-state index in [4.69, 9.17) is 19.3 Å². The van der Waals surface area contributed by atoms with Gasteiger partial charge in [0.05, 0.1) is 33.1 Å². The van der Waals surface area contributed by atoms with Gasteiger partial charge in [-0.15, -0.1) is 0 Å². The van der Waals surface area contributed by atoms with Crippen molar-refractivity contribution in [2.24, 2.45) is 5.92 Å². The Bertz CT molecular complexity index is 1390. The number of benzene rings is 1. The first-order valence-electron chi connectivity index (χ1n) is 14.6. The second-order valence-corrected chi connectivity index (χ2v) is 11.0. The molecular formula is C32H43N3O8. The van der Waals surface area contributed by atoms with Gasteiger partial charge in [-0.25, -0.2) is 0 Å². The summed E-state index contributed by atoms with van der Waals surface area (Å²) < 4.78 is 17.0. The average Bonchev–Trinajstić information content (AvgIpc) is 3.20. The molecule has 2 aromatic rings.